The molecule has 0 saturated heterocycles. The van der Waals surface area contributed by atoms with E-state index in [2.05, 4.69) is 23.1 Å². The van der Waals surface area contributed by atoms with Gasteiger partial charge in [0.1, 0.15) is 5.15 Å². The Kier molecular flexibility index (Phi) is 7.45. The van der Waals surface area contributed by atoms with Crippen molar-refractivity contribution < 1.29 is 19.8 Å². The van der Waals surface area contributed by atoms with E-state index in [-0.39, 0.29) is 53.8 Å². The van der Waals surface area contributed by atoms with E-state index in [0.29, 0.717) is 30.0 Å². The Morgan fingerprint density at radius 2 is 2.17 bits per heavy atom. The molecule has 2 aromatic rings. The largest absolute Gasteiger partial charge is 0.396 e. The SMILES string of the molecule is C#CCN(C)C(=O)CC1c2nc(NC(=O)c3ccnc(Cl)c3)sc2CC2C(C)(CO)C(O)CCC12C. The molecule has 2 aromatic heterocycles. The maximum absolute atomic E-state index is 13.1. The summed E-state index contributed by atoms with van der Waals surface area (Å²) in [7, 11) is 1.68. The number of anilines is 1. The van der Waals surface area contributed by atoms with Gasteiger partial charge in [-0.2, -0.15) is 0 Å². The van der Waals surface area contributed by atoms with Crippen molar-refractivity contribution in [2.24, 2.45) is 16.7 Å². The molecule has 36 heavy (non-hydrogen) atoms. The van der Waals surface area contributed by atoms with Gasteiger partial charge in [-0.1, -0.05) is 31.4 Å². The third-order valence-electron chi connectivity index (χ3n) is 8.24. The summed E-state index contributed by atoms with van der Waals surface area (Å²) in [6.45, 7) is 4.10. The molecule has 10 heteroatoms. The van der Waals surface area contributed by atoms with Crippen LogP contribution < -0.4 is 5.32 Å². The van der Waals surface area contributed by atoms with Crippen LogP contribution in [0.2, 0.25) is 5.15 Å². The lowest BCUT2D eigenvalue weighted by Gasteiger charge is -2.58. The van der Waals surface area contributed by atoms with Crippen molar-refractivity contribution in [1.29, 1.82) is 0 Å². The van der Waals surface area contributed by atoms with Crippen LogP contribution in [0.3, 0.4) is 0 Å². The molecule has 2 heterocycles. The lowest BCUT2D eigenvalue weighted by molar-refractivity contribution is -0.146. The first-order valence-corrected chi connectivity index (χ1v) is 13.1. The molecule has 4 rings (SSSR count). The van der Waals surface area contributed by atoms with Crippen molar-refractivity contribution >= 4 is 39.9 Å². The molecule has 1 fully saturated rings. The molecule has 0 spiro atoms. The van der Waals surface area contributed by atoms with Crippen molar-refractivity contribution in [1.82, 2.24) is 14.9 Å². The number of pyridine rings is 1. The summed E-state index contributed by atoms with van der Waals surface area (Å²) in [5.41, 5.74) is 0.0470. The van der Waals surface area contributed by atoms with E-state index in [1.165, 1.54) is 28.5 Å². The van der Waals surface area contributed by atoms with Gasteiger partial charge in [-0.3, -0.25) is 14.9 Å². The quantitative estimate of drug-likeness (QED) is 0.390. The third kappa shape index (κ3) is 4.63. The van der Waals surface area contributed by atoms with Gasteiger partial charge >= 0.3 is 0 Å². The first-order chi connectivity index (χ1) is 17.0. The molecule has 5 unspecified atom stereocenters. The molecule has 5 atom stereocenters. The van der Waals surface area contributed by atoms with Gasteiger partial charge in [-0.25, -0.2) is 9.97 Å². The van der Waals surface area contributed by atoms with E-state index in [0.717, 1.165) is 10.6 Å². The molecule has 8 nitrogen and oxygen atoms in total. The zero-order chi connectivity index (χ0) is 26.3. The summed E-state index contributed by atoms with van der Waals surface area (Å²) in [6, 6.07) is 3.05. The number of fused-ring (bicyclic) bond motifs is 2. The first kappa shape index (κ1) is 26.6. The fourth-order valence-corrected chi connectivity index (χ4v) is 7.21. The highest BCUT2D eigenvalue weighted by atomic mass is 35.5. The van der Waals surface area contributed by atoms with Gasteiger partial charge in [0.2, 0.25) is 5.91 Å². The molecule has 2 aliphatic rings. The molecule has 0 bridgehead atoms. The zero-order valence-corrected chi connectivity index (χ0v) is 22.2. The van der Waals surface area contributed by atoms with E-state index < -0.39 is 11.5 Å². The number of hydrogen-bond acceptors (Lipinski definition) is 7. The zero-order valence-electron chi connectivity index (χ0n) is 20.6. The van der Waals surface area contributed by atoms with Crippen molar-refractivity contribution in [3.05, 3.63) is 39.6 Å². The average molecular weight is 531 g/mol. The van der Waals surface area contributed by atoms with E-state index >= 15 is 0 Å². The third-order valence-corrected chi connectivity index (χ3v) is 9.45. The second-order valence-corrected chi connectivity index (χ2v) is 11.8. The minimum atomic E-state index is -0.724. The van der Waals surface area contributed by atoms with Crippen LogP contribution in [0.1, 0.15) is 60.0 Å². The normalized spacial score (nSPS) is 29.0. The van der Waals surface area contributed by atoms with Crippen molar-refractivity contribution in [3.63, 3.8) is 0 Å². The number of carbonyl (C=O) groups excluding carboxylic acids is 2. The Balaban J connectivity index is 1.72. The number of nitrogens with one attached hydrogen (secondary N) is 1. The number of amides is 2. The fourth-order valence-electron chi connectivity index (χ4n) is 5.97. The minimum Gasteiger partial charge on any atom is -0.396 e. The lowest BCUT2D eigenvalue weighted by Crippen LogP contribution is -2.57. The standard InChI is InChI=1S/C26H31ClN4O4S/c1-5-10-31(4)21(34)12-16-22-17(13-18-25(16,2)8-6-19(33)26(18,3)14-32)36-24(29-22)30-23(35)15-7-9-28-20(27)11-15/h1,7,9,11,16,18-19,32-33H,6,8,10,12-14H2,2-4H3,(H,29,30,35). The van der Waals surface area contributed by atoms with Crippen molar-refractivity contribution in [2.45, 2.75) is 51.6 Å². The summed E-state index contributed by atoms with van der Waals surface area (Å²) >= 11 is 7.30. The van der Waals surface area contributed by atoms with Gasteiger partial charge in [0.25, 0.3) is 5.91 Å². The van der Waals surface area contributed by atoms with E-state index in [1.54, 1.807) is 13.1 Å². The van der Waals surface area contributed by atoms with Crippen LogP contribution in [0.25, 0.3) is 0 Å². The monoisotopic (exact) mass is 530 g/mol. The highest BCUT2D eigenvalue weighted by Gasteiger charge is 2.59. The fraction of sp³-hybridized carbons (Fsp3) is 0.538. The van der Waals surface area contributed by atoms with Gasteiger partial charge in [-0.05, 0) is 42.7 Å². The van der Waals surface area contributed by atoms with Gasteiger partial charge in [0.05, 0.1) is 24.9 Å². The maximum atomic E-state index is 13.1. The van der Waals surface area contributed by atoms with Crippen LogP contribution in [0, 0.1) is 29.1 Å². The van der Waals surface area contributed by atoms with E-state index in [4.69, 9.17) is 23.0 Å². The average Bonchev–Trinajstić information content (AvgIpc) is 3.25. The van der Waals surface area contributed by atoms with E-state index in [1.807, 2.05) is 6.92 Å². The Hall–Kier alpha value is -2.51. The van der Waals surface area contributed by atoms with Crippen molar-refractivity contribution in [3.8, 4) is 12.3 Å². The molecule has 0 radical (unpaired) electrons. The molecule has 2 aliphatic carbocycles. The minimum absolute atomic E-state index is 0.0787. The van der Waals surface area contributed by atoms with Gasteiger partial charge in [0, 0.05) is 41.4 Å². The summed E-state index contributed by atoms with van der Waals surface area (Å²) in [4.78, 5) is 37.2. The molecule has 2 amide bonds. The predicted octanol–water partition coefficient (Wildman–Crippen LogP) is 3.34. The Bertz CT molecular complexity index is 1210. The number of hydrogen-bond donors (Lipinski definition) is 3. The summed E-state index contributed by atoms with van der Waals surface area (Å²) in [5, 5.41) is 24.8. The summed E-state index contributed by atoms with van der Waals surface area (Å²) in [5.74, 6) is 1.73. The molecule has 1 saturated carbocycles. The Morgan fingerprint density at radius 1 is 1.42 bits per heavy atom. The highest BCUT2D eigenvalue weighted by molar-refractivity contribution is 7.15. The molecule has 0 aromatic carbocycles. The number of aromatic nitrogens is 2. The number of terminal acetylenes is 1. The van der Waals surface area contributed by atoms with Gasteiger partial charge < -0.3 is 15.1 Å². The molecule has 192 valence electrons. The second-order valence-electron chi connectivity index (χ2n) is 10.3. The molecular weight excluding hydrogens is 500 g/mol. The number of halogens is 1. The smallest absolute Gasteiger partial charge is 0.257 e. The number of thiazole rings is 1. The Morgan fingerprint density at radius 3 is 2.83 bits per heavy atom. The number of rotatable bonds is 6. The van der Waals surface area contributed by atoms with Gasteiger partial charge in [-0.15, -0.1) is 17.8 Å². The summed E-state index contributed by atoms with van der Waals surface area (Å²) < 4.78 is 0. The van der Waals surface area contributed by atoms with Crippen LogP contribution >= 0.6 is 22.9 Å². The van der Waals surface area contributed by atoms with E-state index in [9.17, 15) is 19.8 Å². The maximum Gasteiger partial charge on any atom is 0.257 e. The molecule has 3 N–H and O–H groups in total. The van der Waals surface area contributed by atoms with Gasteiger partial charge in [0.15, 0.2) is 5.13 Å². The first-order valence-electron chi connectivity index (χ1n) is 11.9. The van der Waals surface area contributed by atoms with Crippen LogP contribution in [0.4, 0.5) is 5.13 Å². The number of nitrogens with zero attached hydrogens (tertiary/aromatic N) is 3. The number of carbonyl (C=O) groups is 2. The summed E-state index contributed by atoms with van der Waals surface area (Å²) in [6.07, 6.45) is 8.26. The van der Waals surface area contributed by atoms with Crippen LogP contribution in [0.5, 0.6) is 0 Å². The van der Waals surface area contributed by atoms with Crippen LogP contribution in [0.15, 0.2) is 18.3 Å². The molecular formula is C26H31ClN4O4S. The number of aliphatic hydroxyl groups is 2. The van der Waals surface area contributed by atoms with Crippen LogP contribution in [-0.2, 0) is 11.2 Å². The van der Waals surface area contributed by atoms with Crippen LogP contribution in [-0.4, -0.2) is 63.2 Å². The topological polar surface area (TPSA) is 116 Å². The molecule has 0 aliphatic heterocycles. The highest BCUT2D eigenvalue weighted by Crippen LogP contribution is 2.62. The van der Waals surface area contributed by atoms with Crippen molar-refractivity contribution in [2.75, 3.05) is 25.5 Å². The predicted molar refractivity (Wildman–Crippen MR) is 139 cm³/mol. The second kappa shape index (κ2) is 10.1. The number of aliphatic hydroxyl groups excluding tert-OH is 2. The lowest BCUT2D eigenvalue weighted by atomic mass is 9.47. The Labute approximate surface area is 220 Å².